The van der Waals surface area contributed by atoms with Gasteiger partial charge in [0.1, 0.15) is 12.8 Å². The van der Waals surface area contributed by atoms with Crippen LogP contribution in [0.1, 0.15) is 22.1 Å². The lowest BCUT2D eigenvalue weighted by atomic mass is 9.98. The van der Waals surface area contributed by atoms with Crippen LogP contribution in [0.3, 0.4) is 0 Å². The second-order valence-electron chi connectivity index (χ2n) is 6.24. The van der Waals surface area contributed by atoms with Crippen LogP contribution in [0.5, 0.6) is 0 Å². The Hall–Kier alpha value is -3.70. The highest BCUT2D eigenvalue weighted by Crippen LogP contribution is 2.44. The minimum absolute atomic E-state index is 0.00454. The second kappa shape index (κ2) is 8.12. The highest BCUT2D eigenvalue weighted by atomic mass is 32.1. The number of thiazole rings is 1. The molecule has 144 valence electrons. The van der Waals surface area contributed by atoms with Gasteiger partial charge in [-0.3, -0.25) is 10.1 Å². The number of nitro groups is 1. The van der Waals surface area contributed by atoms with E-state index in [0.29, 0.717) is 5.01 Å². The van der Waals surface area contributed by atoms with Gasteiger partial charge in [0.2, 0.25) is 0 Å². The predicted molar refractivity (Wildman–Crippen MR) is 109 cm³/mol. The molecule has 4 rings (SSSR count). The van der Waals surface area contributed by atoms with Crippen molar-refractivity contribution in [3.63, 3.8) is 0 Å². The molecule has 0 saturated carbocycles. The summed E-state index contributed by atoms with van der Waals surface area (Å²) in [6.07, 6.45) is 0.597. The Bertz CT molecular complexity index is 1100. The first-order valence-electron chi connectivity index (χ1n) is 8.81. The van der Waals surface area contributed by atoms with Gasteiger partial charge in [-0.25, -0.2) is 9.78 Å². The summed E-state index contributed by atoms with van der Waals surface area (Å²) in [5.41, 5.74) is 4.62. The van der Waals surface area contributed by atoms with E-state index >= 15 is 0 Å². The SMILES string of the molecule is O=C(NCC#Cc1ncc([N+](=O)[O-])s1)OCC1c2ccccc2-c2ccccc21. The smallest absolute Gasteiger partial charge is 0.407 e. The zero-order valence-corrected chi connectivity index (χ0v) is 15.9. The number of fused-ring (bicyclic) bond motifs is 3. The number of hydrogen-bond acceptors (Lipinski definition) is 6. The molecule has 0 spiro atoms. The van der Waals surface area contributed by atoms with Crippen molar-refractivity contribution >= 4 is 22.4 Å². The summed E-state index contributed by atoms with van der Waals surface area (Å²) in [6.45, 7) is 0.288. The van der Waals surface area contributed by atoms with Crippen LogP contribution >= 0.6 is 11.3 Å². The van der Waals surface area contributed by atoms with Crippen LogP contribution in [0.4, 0.5) is 9.80 Å². The summed E-state index contributed by atoms with van der Waals surface area (Å²) in [5.74, 6) is 5.38. The molecule has 2 aromatic carbocycles. The molecular weight excluding hydrogens is 390 g/mol. The van der Waals surface area contributed by atoms with E-state index in [1.807, 2.05) is 24.3 Å². The van der Waals surface area contributed by atoms with Crippen molar-refractivity contribution in [2.75, 3.05) is 13.2 Å². The Labute approximate surface area is 170 Å². The molecular formula is C21H15N3O4S. The molecule has 1 N–H and O–H groups in total. The number of nitrogens with one attached hydrogen (secondary N) is 1. The van der Waals surface area contributed by atoms with Gasteiger partial charge in [-0.1, -0.05) is 54.5 Å². The quantitative estimate of drug-likeness (QED) is 0.403. The standard InChI is InChI=1S/C21H15N3O4S/c25-21(22-11-5-10-19-23-12-20(29-19)24(26)27)28-13-18-16-8-3-1-6-14(16)15-7-2-4-9-17(15)18/h1-4,6-9,12,18H,11,13H2,(H,22,25). The lowest BCUT2D eigenvalue weighted by molar-refractivity contribution is -0.380. The molecule has 0 unspecified atom stereocenters. The molecule has 0 radical (unpaired) electrons. The molecule has 1 amide bonds. The van der Waals surface area contributed by atoms with Gasteiger partial charge in [0.05, 0.1) is 11.5 Å². The largest absolute Gasteiger partial charge is 0.449 e. The third-order valence-corrected chi connectivity index (χ3v) is 5.40. The van der Waals surface area contributed by atoms with Gasteiger partial charge in [0.25, 0.3) is 0 Å². The van der Waals surface area contributed by atoms with Gasteiger partial charge < -0.3 is 10.1 Å². The van der Waals surface area contributed by atoms with E-state index in [1.54, 1.807) is 0 Å². The normalized spacial score (nSPS) is 11.7. The monoisotopic (exact) mass is 405 g/mol. The molecule has 29 heavy (non-hydrogen) atoms. The third-order valence-electron chi connectivity index (χ3n) is 4.53. The molecule has 8 heteroatoms. The van der Waals surface area contributed by atoms with Crippen LogP contribution < -0.4 is 5.32 Å². The first-order valence-corrected chi connectivity index (χ1v) is 9.63. The van der Waals surface area contributed by atoms with Crippen molar-refractivity contribution in [1.29, 1.82) is 0 Å². The summed E-state index contributed by atoms with van der Waals surface area (Å²) in [4.78, 5) is 26.0. The molecule has 1 aliphatic rings. The van der Waals surface area contributed by atoms with Crippen molar-refractivity contribution < 1.29 is 14.5 Å². The number of alkyl carbamates (subject to hydrolysis) is 1. The predicted octanol–water partition coefficient (Wildman–Crippen LogP) is 3.94. The molecule has 0 bridgehead atoms. The van der Waals surface area contributed by atoms with Gasteiger partial charge in [0.15, 0.2) is 5.01 Å². The number of nitrogens with zero attached hydrogens (tertiary/aromatic N) is 2. The van der Waals surface area contributed by atoms with Crippen molar-refractivity contribution in [2.24, 2.45) is 0 Å². The van der Waals surface area contributed by atoms with E-state index < -0.39 is 11.0 Å². The van der Waals surface area contributed by atoms with Gasteiger partial charge >= 0.3 is 11.1 Å². The maximum atomic E-state index is 12.0. The first-order chi connectivity index (χ1) is 14.1. The van der Waals surface area contributed by atoms with Crippen LogP contribution in [-0.2, 0) is 4.74 Å². The molecule has 0 fully saturated rings. The fourth-order valence-electron chi connectivity index (χ4n) is 3.29. The van der Waals surface area contributed by atoms with E-state index in [2.05, 4.69) is 46.4 Å². The maximum Gasteiger partial charge on any atom is 0.407 e. The fraction of sp³-hybridized carbons (Fsp3) is 0.143. The number of aromatic nitrogens is 1. The van der Waals surface area contributed by atoms with Crippen molar-refractivity contribution in [2.45, 2.75) is 5.92 Å². The maximum absolute atomic E-state index is 12.0. The van der Waals surface area contributed by atoms with Crippen molar-refractivity contribution in [1.82, 2.24) is 10.3 Å². The summed E-state index contributed by atoms with van der Waals surface area (Å²) in [7, 11) is 0. The number of carbonyl (C=O) groups excluding carboxylic acids is 1. The fourth-order valence-corrected chi connectivity index (χ4v) is 3.90. The van der Waals surface area contributed by atoms with Crippen molar-refractivity contribution in [3.8, 4) is 23.0 Å². The Morgan fingerprint density at radius 2 is 1.83 bits per heavy atom. The molecule has 1 aliphatic carbocycles. The van der Waals surface area contributed by atoms with Crippen LogP contribution in [0.25, 0.3) is 11.1 Å². The highest BCUT2D eigenvalue weighted by molar-refractivity contribution is 7.15. The number of hydrogen-bond donors (Lipinski definition) is 1. The number of benzene rings is 2. The number of amides is 1. The zero-order valence-electron chi connectivity index (χ0n) is 15.1. The Morgan fingerprint density at radius 1 is 1.17 bits per heavy atom. The van der Waals surface area contributed by atoms with Crippen LogP contribution in [0, 0.1) is 22.0 Å². The number of carbonyl (C=O) groups is 1. The van der Waals surface area contributed by atoms with Gasteiger partial charge in [0, 0.05) is 5.92 Å². The van der Waals surface area contributed by atoms with Crippen LogP contribution in [-0.4, -0.2) is 29.2 Å². The lowest BCUT2D eigenvalue weighted by Crippen LogP contribution is -2.26. The summed E-state index contributed by atoms with van der Waals surface area (Å²) in [6, 6.07) is 16.2. The topological polar surface area (TPSA) is 94.4 Å². The minimum atomic E-state index is -0.564. The Kier molecular flexibility index (Phi) is 5.22. The second-order valence-corrected chi connectivity index (χ2v) is 7.25. The summed E-state index contributed by atoms with van der Waals surface area (Å²) < 4.78 is 5.41. The molecule has 7 nitrogen and oxygen atoms in total. The van der Waals surface area contributed by atoms with Gasteiger partial charge in [-0.05, 0) is 39.5 Å². The molecule has 0 saturated heterocycles. The first kappa shape index (κ1) is 18.7. The van der Waals surface area contributed by atoms with E-state index in [0.717, 1.165) is 28.7 Å². The third kappa shape index (κ3) is 3.95. The number of rotatable bonds is 4. The highest BCUT2D eigenvalue weighted by Gasteiger charge is 2.28. The Morgan fingerprint density at radius 3 is 2.45 bits per heavy atom. The molecule has 0 aliphatic heterocycles. The lowest BCUT2D eigenvalue weighted by Gasteiger charge is -2.14. The molecule has 1 aromatic heterocycles. The van der Waals surface area contributed by atoms with Gasteiger partial charge in [-0.15, -0.1) is 0 Å². The molecule has 3 aromatic rings. The van der Waals surface area contributed by atoms with E-state index in [9.17, 15) is 14.9 Å². The average Bonchev–Trinajstić information content (AvgIpc) is 3.33. The molecule has 1 heterocycles. The Balaban J connectivity index is 1.33. The average molecular weight is 405 g/mol. The molecule has 0 atom stereocenters. The van der Waals surface area contributed by atoms with Gasteiger partial charge in [-0.2, -0.15) is 0 Å². The summed E-state index contributed by atoms with van der Waals surface area (Å²) in [5, 5.41) is 13.4. The van der Waals surface area contributed by atoms with Crippen LogP contribution in [0.15, 0.2) is 54.7 Å². The van der Waals surface area contributed by atoms with Crippen molar-refractivity contribution in [3.05, 3.63) is 81.0 Å². The van der Waals surface area contributed by atoms with E-state index in [-0.39, 0.29) is 24.1 Å². The van der Waals surface area contributed by atoms with Crippen LogP contribution in [0.2, 0.25) is 0 Å². The van der Waals surface area contributed by atoms with E-state index in [4.69, 9.17) is 4.74 Å². The zero-order chi connectivity index (χ0) is 20.2. The number of ether oxygens (including phenoxy) is 1. The summed E-state index contributed by atoms with van der Waals surface area (Å²) >= 11 is 0.886. The minimum Gasteiger partial charge on any atom is -0.449 e. The van der Waals surface area contributed by atoms with E-state index in [1.165, 1.54) is 11.1 Å².